The minimum Gasteiger partial charge on any atom is -0.481 e. The highest BCUT2D eigenvalue weighted by Crippen LogP contribution is 2.01. The van der Waals surface area contributed by atoms with Crippen molar-refractivity contribution in [1.82, 2.24) is 0 Å². The quantitative estimate of drug-likeness (QED) is 0.734. The molecule has 1 N–H and O–H groups in total. The molecule has 14 heavy (non-hydrogen) atoms. The largest absolute Gasteiger partial charge is 0.481 e. The minimum absolute atomic E-state index is 0.0942. The van der Waals surface area contributed by atoms with Crippen molar-refractivity contribution in [3.63, 3.8) is 0 Å². The topological polar surface area (TPSA) is 63.6 Å². The van der Waals surface area contributed by atoms with Gasteiger partial charge in [0.25, 0.3) is 0 Å². The summed E-state index contributed by atoms with van der Waals surface area (Å²) in [6.07, 6.45) is -0.168. The molecule has 0 spiro atoms. The molecule has 0 atom stereocenters. The maximum Gasteiger partial charge on any atom is 0.338 e. The summed E-state index contributed by atoms with van der Waals surface area (Å²) in [5.74, 6) is -1.47. The zero-order valence-corrected chi connectivity index (χ0v) is 7.47. The number of benzene rings is 1. The van der Waals surface area contributed by atoms with Gasteiger partial charge in [0.15, 0.2) is 0 Å². The van der Waals surface area contributed by atoms with E-state index in [1.165, 1.54) is 0 Å². The van der Waals surface area contributed by atoms with Crippen LogP contribution in [0.25, 0.3) is 0 Å². The van der Waals surface area contributed by atoms with Crippen LogP contribution in [0.3, 0.4) is 0 Å². The number of carboxylic acids is 1. The average Bonchev–Trinajstić information content (AvgIpc) is 2.18. The zero-order chi connectivity index (χ0) is 10.4. The third-order valence-electron chi connectivity index (χ3n) is 1.56. The molecule has 4 heteroatoms. The zero-order valence-electron chi connectivity index (χ0n) is 7.47. The molecule has 0 saturated carbocycles. The van der Waals surface area contributed by atoms with E-state index in [4.69, 9.17) is 9.84 Å². The van der Waals surface area contributed by atoms with Gasteiger partial charge in [-0.25, -0.2) is 4.79 Å². The molecule has 0 saturated heterocycles. The molecule has 0 aromatic heterocycles. The minimum atomic E-state index is -0.981. The Morgan fingerprint density at radius 1 is 1.21 bits per heavy atom. The third kappa shape index (κ3) is 3.26. The molecule has 0 unspecified atom stereocenters. The third-order valence-corrected chi connectivity index (χ3v) is 1.56. The van der Waals surface area contributed by atoms with Crippen molar-refractivity contribution >= 4 is 11.9 Å². The van der Waals surface area contributed by atoms with Crippen molar-refractivity contribution in [2.24, 2.45) is 0 Å². The van der Waals surface area contributed by atoms with E-state index in [-0.39, 0.29) is 13.0 Å². The van der Waals surface area contributed by atoms with E-state index in [1.807, 2.05) is 0 Å². The number of carbonyl (C=O) groups excluding carboxylic acids is 1. The van der Waals surface area contributed by atoms with Gasteiger partial charge in [-0.1, -0.05) is 18.2 Å². The maximum atomic E-state index is 11.2. The molecular formula is C10H10O4. The molecule has 0 heterocycles. The van der Waals surface area contributed by atoms with Crippen LogP contribution in [0.5, 0.6) is 0 Å². The van der Waals surface area contributed by atoms with Gasteiger partial charge in [-0.05, 0) is 12.1 Å². The van der Waals surface area contributed by atoms with Crippen LogP contribution in [-0.4, -0.2) is 23.7 Å². The lowest BCUT2D eigenvalue weighted by atomic mass is 10.2. The van der Waals surface area contributed by atoms with Gasteiger partial charge in [0.05, 0.1) is 12.0 Å². The summed E-state index contributed by atoms with van der Waals surface area (Å²) < 4.78 is 4.72. The molecular weight excluding hydrogens is 184 g/mol. The fourth-order valence-corrected chi connectivity index (χ4v) is 0.889. The first-order valence-corrected chi connectivity index (χ1v) is 4.14. The first kappa shape index (κ1) is 10.2. The summed E-state index contributed by atoms with van der Waals surface area (Å²) in [6.45, 7) is -0.0942. The van der Waals surface area contributed by atoms with Crippen LogP contribution >= 0.6 is 0 Å². The highest BCUT2D eigenvalue weighted by atomic mass is 16.5. The molecule has 0 bridgehead atoms. The van der Waals surface area contributed by atoms with E-state index in [1.54, 1.807) is 30.3 Å². The van der Waals surface area contributed by atoms with Crippen molar-refractivity contribution in [2.45, 2.75) is 6.42 Å². The van der Waals surface area contributed by atoms with Crippen LogP contribution in [0, 0.1) is 0 Å². The number of aliphatic carboxylic acids is 1. The van der Waals surface area contributed by atoms with Crippen LogP contribution in [0.2, 0.25) is 0 Å². The Hall–Kier alpha value is -1.84. The number of carbonyl (C=O) groups is 2. The van der Waals surface area contributed by atoms with Crippen LogP contribution < -0.4 is 0 Å². The predicted octanol–water partition coefficient (Wildman–Crippen LogP) is 1.32. The summed E-state index contributed by atoms with van der Waals surface area (Å²) in [4.78, 5) is 21.3. The summed E-state index contributed by atoms with van der Waals surface area (Å²) >= 11 is 0. The van der Waals surface area contributed by atoms with Crippen LogP contribution in [0.1, 0.15) is 16.8 Å². The van der Waals surface area contributed by atoms with Crippen molar-refractivity contribution in [2.75, 3.05) is 6.61 Å². The predicted molar refractivity (Wildman–Crippen MR) is 49.0 cm³/mol. The van der Waals surface area contributed by atoms with Gasteiger partial charge in [0.1, 0.15) is 6.61 Å². The van der Waals surface area contributed by atoms with Crippen LogP contribution in [-0.2, 0) is 9.53 Å². The molecule has 4 nitrogen and oxygen atoms in total. The van der Waals surface area contributed by atoms with E-state index < -0.39 is 11.9 Å². The number of rotatable bonds is 4. The molecule has 0 aliphatic rings. The second kappa shape index (κ2) is 5.01. The molecule has 1 aromatic carbocycles. The Kier molecular flexibility index (Phi) is 3.67. The smallest absolute Gasteiger partial charge is 0.338 e. The lowest BCUT2D eigenvalue weighted by Crippen LogP contribution is -2.09. The van der Waals surface area contributed by atoms with Gasteiger partial charge in [0, 0.05) is 0 Å². The second-order valence-corrected chi connectivity index (χ2v) is 2.65. The number of hydrogen-bond acceptors (Lipinski definition) is 3. The van der Waals surface area contributed by atoms with Crippen molar-refractivity contribution in [3.05, 3.63) is 35.9 Å². The lowest BCUT2D eigenvalue weighted by molar-refractivity contribution is -0.137. The summed E-state index contributed by atoms with van der Waals surface area (Å²) in [7, 11) is 0. The number of hydrogen-bond donors (Lipinski definition) is 1. The molecule has 0 radical (unpaired) electrons. The van der Waals surface area contributed by atoms with Crippen molar-refractivity contribution in [3.8, 4) is 0 Å². The maximum absolute atomic E-state index is 11.2. The Labute approximate surface area is 81.1 Å². The van der Waals surface area contributed by atoms with Gasteiger partial charge in [-0.3, -0.25) is 4.79 Å². The fourth-order valence-electron chi connectivity index (χ4n) is 0.889. The Balaban J connectivity index is 2.40. The number of carboxylic acid groups (broad SMARTS) is 1. The van der Waals surface area contributed by atoms with Crippen LogP contribution in [0.4, 0.5) is 0 Å². The van der Waals surface area contributed by atoms with E-state index in [9.17, 15) is 9.59 Å². The molecule has 1 aromatic rings. The van der Waals surface area contributed by atoms with E-state index in [2.05, 4.69) is 0 Å². The van der Waals surface area contributed by atoms with Crippen LogP contribution in [0.15, 0.2) is 30.3 Å². The number of ether oxygens (including phenoxy) is 1. The first-order chi connectivity index (χ1) is 6.70. The molecule has 1 rings (SSSR count). The molecule has 0 aliphatic carbocycles. The highest BCUT2D eigenvalue weighted by molar-refractivity contribution is 5.89. The fraction of sp³-hybridized carbons (Fsp3) is 0.200. The van der Waals surface area contributed by atoms with Gasteiger partial charge < -0.3 is 9.84 Å². The molecule has 0 aliphatic heterocycles. The van der Waals surface area contributed by atoms with Gasteiger partial charge >= 0.3 is 11.9 Å². The SMILES string of the molecule is O=C(O)CCOC(=O)c1ccccc1. The van der Waals surface area contributed by atoms with Gasteiger partial charge in [0.2, 0.25) is 0 Å². The first-order valence-electron chi connectivity index (χ1n) is 4.14. The van der Waals surface area contributed by atoms with Gasteiger partial charge in [-0.2, -0.15) is 0 Å². The van der Waals surface area contributed by atoms with E-state index in [0.29, 0.717) is 5.56 Å². The van der Waals surface area contributed by atoms with Gasteiger partial charge in [-0.15, -0.1) is 0 Å². The molecule has 74 valence electrons. The standard InChI is InChI=1S/C10H10O4/c11-9(12)6-7-14-10(13)8-4-2-1-3-5-8/h1-5H,6-7H2,(H,11,12). The summed E-state index contributed by atoms with van der Waals surface area (Å²) in [5.41, 5.74) is 0.429. The average molecular weight is 194 g/mol. The molecule has 0 fully saturated rings. The van der Waals surface area contributed by atoms with Crippen molar-refractivity contribution < 1.29 is 19.4 Å². The lowest BCUT2D eigenvalue weighted by Gasteiger charge is -2.01. The normalized spacial score (nSPS) is 9.43. The van der Waals surface area contributed by atoms with E-state index >= 15 is 0 Å². The number of esters is 1. The summed E-state index contributed by atoms with van der Waals surface area (Å²) in [6, 6.07) is 8.45. The van der Waals surface area contributed by atoms with Crippen molar-refractivity contribution in [1.29, 1.82) is 0 Å². The summed E-state index contributed by atoms with van der Waals surface area (Å²) in [5, 5.41) is 8.31. The van der Waals surface area contributed by atoms with E-state index in [0.717, 1.165) is 0 Å². The molecule has 0 amide bonds. The highest BCUT2D eigenvalue weighted by Gasteiger charge is 2.06. The monoisotopic (exact) mass is 194 g/mol. The second-order valence-electron chi connectivity index (χ2n) is 2.65. The Morgan fingerprint density at radius 2 is 1.86 bits per heavy atom. The Morgan fingerprint density at radius 3 is 2.43 bits per heavy atom. The Bertz CT molecular complexity index is 318.